The van der Waals surface area contributed by atoms with E-state index >= 15 is 0 Å². The molecule has 0 saturated carbocycles. The first-order chi connectivity index (χ1) is 6.27. The third-order valence-electron chi connectivity index (χ3n) is 1.83. The number of aromatic nitrogens is 2. The standard InChI is InChI=1S/C9H16FN3/c1-3-5-11-9-7-13(6-4-10)12-8(9)2/h7,11H,3-6H2,1-2H3. The Balaban J connectivity index is 2.60. The molecule has 1 aromatic heterocycles. The topological polar surface area (TPSA) is 29.9 Å². The largest absolute Gasteiger partial charge is 0.382 e. The second-order valence-electron chi connectivity index (χ2n) is 3.01. The average Bonchev–Trinajstić information content (AvgIpc) is 2.44. The van der Waals surface area contributed by atoms with E-state index in [9.17, 15) is 4.39 Å². The maximum Gasteiger partial charge on any atom is 0.109 e. The van der Waals surface area contributed by atoms with Crippen LogP contribution in [0.25, 0.3) is 0 Å². The first-order valence-electron chi connectivity index (χ1n) is 4.61. The van der Waals surface area contributed by atoms with Gasteiger partial charge >= 0.3 is 0 Å². The van der Waals surface area contributed by atoms with E-state index in [-0.39, 0.29) is 6.67 Å². The summed E-state index contributed by atoms with van der Waals surface area (Å²) in [6.45, 7) is 4.94. The Kier molecular flexibility index (Phi) is 3.73. The molecule has 0 aliphatic carbocycles. The van der Waals surface area contributed by atoms with Crippen molar-refractivity contribution in [3.8, 4) is 0 Å². The summed E-state index contributed by atoms with van der Waals surface area (Å²) in [7, 11) is 0. The van der Waals surface area contributed by atoms with Crippen molar-refractivity contribution >= 4 is 5.69 Å². The van der Waals surface area contributed by atoms with Gasteiger partial charge in [-0.3, -0.25) is 4.68 Å². The van der Waals surface area contributed by atoms with Crippen LogP contribution < -0.4 is 5.32 Å². The Morgan fingerprint density at radius 3 is 3.00 bits per heavy atom. The molecule has 0 aliphatic heterocycles. The molecule has 0 aliphatic rings. The number of hydrogen-bond acceptors (Lipinski definition) is 2. The van der Waals surface area contributed by atoms with Gasteiger partial charge in [0.1, 0.15) is 6.67 Å². The summed E-state index contributed by atoms with van der Waals surface area (Å²) in [5.41, 5.74) is 1.94. The monoisotopic (exact) mass is 185 g/mol. The summed E-state index contributed by atoms with van der Waals surface area (Å²) in [6, 6.07) is 0. The van der Waals surface area contributed by atoms with Crippen molar-refractivity contribution in [2.75, 3.05) is 18.5 Å². The van der Waals surface area contributed by atoms with Gasteiger partial charge in [0.2, 0.25) is 0 Å². The summed E-state index contributed by atoms with van der Waals surface area (Å²) in [4.78, 5) is 0. The molecule has 0 amide bonds. The molecule has 3 nitrogen and oxygen atoms in total. The molecule has 1 heterocycles. The van der Waals surface area contributed by atoms with E-state index in [1.807, 2.05) is 13.1 Å². The van der Waals surface area contributed by atoms with E-state index in [1.165, 1.54) is 0 Å². The lowest BCUT2D eigenvalue weighted by molar-refractivity contribution is 0.426. The predicted octanol–water partition coefficient (Wildman–Crippen LogP) is 1.98. The third kappa shape index (κ3) is 2.72. The van der Waals surface area contributed by atoms with Crippen molar-refractivity contribution in [3.63, 3.8) is 0 Å². The highest BCUT2D eigenvalue weighted by Gasteiger charge is 2.02. The van der Waals surface area contributed by atoms with Crippen molar-refractivity contribution in [2.45, 2.75) is 26.8 Å². The minimum Gasteiger partial charge on any atom is -0.382 e. The number of aryl methyl sites for hydroxylation is 2. The first kappa shape index (κ1) is 10.0. The second-order valence-corrected chi connectivity index (χ2v) is 3.01. The van der Waals surface area contributed by atoms with Crippen molar-refractivity contribution < 1.29 is 4.39 Å². The van der Waals surface area contributed by atoms with Crippen molar-refractivity contribution in [3.05, 3.63) is 11.9 Å². The molecule has 1 rings (SSSR count). The maximum absolute atomic E-state index is 12.0. The second kappa shape index (κ2) is 4.84. The number of nitrogens with one attached hydrogen (secondary N) is 1. The molecular formula is C9H16FN3. The summed E-state index contributed by atoms with van der Waals surface area (Å²) >= 11 is 0. The molecule has 0 spiro atoms. The molecule has 0 saturated heterocycles. The lowest BCUT2D eigenvalue weighted by atomic mass is 10.4. The smallest absolute Gasteiger partial charge is 0.109 e. The van der Waals surface area contributed by atoms with Crippen molar-refractivity contribution in [1.29, 1.82) is 0 Å². The molecule has 0 aromatic carbocycles. The summed E-state index contributed by atoms with van der Waals surface area (Å²) in [5, 5.41) is 7.40. The van der Waals surface area contributed by atoms with Crippen LogP contribution in [-0.2, 0) is 6.54 Å². The van der Waals surface area contributed by atoms with E-state index in [1.54, 1.807) is 4.68 Å². The molecule has 1 aromatic rings. The van der Waals surface area contributed by atoms with E-state index in [0.717, 1.165) is 24.3 Å². The van der Waals surface area contributed by atoms with Gasteiger partial charge in [-0.25, -0.2) is 4.39 Å². The van der Waals surface area contributed by atoms with Gasteiger partial charge in [-0.05, 0) is 13.3 Å². The third-order valence-corrected chi connectivity index (χ3v) is 1.83. The fourth-order valence-corrected chi connectivity index (χ4v) is 1.15. The van der Waals surface area contributed by atoms with Crippen LogP contribution in [-0.4, -0.2) is 23.0 Å². The highest BCUT2D eigenvalue weighted by atomic mass is 19.1. The Labute approximate surface area is 77.9 Å². The number of anilines is 1. The van der Waals surface area contributed by atoms with Gasteiger partial charge in [0.25, 0.3) is 0 Å². The predicted molar refractivity (Wildman–Crippen MR) is 51.7 cm³/mol. The summed E-state index contributed by atoms with van der Waals surface area (Å²) in [6.07, 6.45) is 2.93. The Morgan fingerprint density at radius 2 is 2.38 bits per heavy atom. The highest BCUT2D eigenvalue weighted by molar-refractivity contribution is 5.45. The fourth-order valence-electron chi connectivity index (χ4n) is 1.15. The Hall–Kier alpha value is -1.06. The average molecular weight is 185 g/mol. The molecule has 74 valence electrons. The molecule has 4 heteroatoms. The molecule has 0 radical (unpaired) electrons. The zero-order valence-electron chi connectivity index (χ0n) is 8.18. The number of hydrogen-bond donors (Lipinski definition) is 1. The lowest BCUT2D eigenvalue weighted by Crippen LogP contribution is -2.00. The minimum atomic E-state index is -0.367. The molecule has 0 atom stereocenters. The van der Waals surface area contributed by atoms with Gasteiger partial charge in [0, 0.05) is 12.7 Å². The Morgan fingerprint density at radius 1 is 1.62 bits per heavy atom. The van der Waals surface area contributed by atoms with Crippen LogP contribution in [0.4, 0.5) is 10.1 Å². The SMILES string of the molecule is CCCNc1cn(CCF)nc1C. The minimum absolute atomic E-state index is 0.342. The zero-order chi connectivity index (χ0) is 9.68. The number of alkyl halides is 1. The highest BCUT2D eigenvalue weighted by Crippen LogP contribution is 2.11. The van der Waals surface area contributed by atoms with Crippen LogP contribution in [0.1, 0.15) is 19.0 Å². The molecule has 0 unspecified atom stereocenters. The van der Waals surface area contributed by atoms with Crippen LogP contribution in [0.5, 0.6) is 0 Å². The molecule has 13 heavy (non-hydrogen) atoms. The van der Waals surface area contributed by atoms with Crippen LogP contribution >= 0.6 is 0 Å². The van der Waals surface area contributed by atoms with E-state index in [2.05, 4.69) is 17.3 Å². The van der Waals surface area contributed by atoms with E-state index in [4.69, 9.17) is 0 Å². The number of nitrogens with zero attached hydrogens (tertiary/aromatic N) is 2. The van der Waals surface area contributed by atoms with Crippen molar-refractivity contribution in [2.24, 2.45) is 0 Å². The van der Waals surface area contributed by atoms with Crippen LogP contribution in [0.3, 0.4) is 0 Å². The summed E-state index contributed by atoms with van der Waals surface area (Å²) in [5.74, 6) is 0. The quantitative estimate of drug-likeness (QED) is 0.760. The molecule has 1 N–H and O–H groups in total. The van der Waals surface area contributed by atoms with Gasteiger partial charge in [-0.15, -0.1) is 0 Å². The van der Waals surface area contributed by atoms with Gasteiger partial charge in [0.15, 0.2) is 0 Å². The maximum atomic E-state index is 12.0. The first-order valence-corrected chi connectivity index (χ1v) is 4.61. The molecular weight excluding hydrogens is 169 g/mol. The van der Waals surface area contributed by atoms with Gasteiger partial charge < -0.3 is 5.32 Å². The van der Waals surface area contributed by atoms with E-state index < -0.39 is 0 Å². The molecule has 0 bridgehead atoms. The normalized spacial score (nSPS) is 10.4. The van der Waals surface area contributed by atoms with Crippen LogP contribution in [0, 0.1) is 6.92 Å². The van der Waals surface area contributed by atoms with Crippen LogP contribution in [0.15, 0.2) is 6.20 Å². The van der Waals surface area contributed by atoms with Gasteiger partial charge in [0.05, 0.1) is 17.9 Å². The van der Waals surface area contributed by atoms with Crippen LogP contribution in [0.2, 0.25) is 0 Å². The van der Waals surface area contributed by atoms with Gasteiger partial charge in [-0.1, -0.05) is 6.92 Å². The van der Waals surface area contributed by atoms with E-state index in [0.29, 0.717) is 6.54 Å². The Bertz CT molecular complexity index is 257. The van der Waals surface area contributed by atoms with Gasteiger partial charge in [-0.2, -0.15) is 5.10 Å². The number of halogens is 1. The molecule has 0 fully saturated rings. The number of rotatable bonds is 5. The fraction of sp³-hybridized carbons (Fsp3) is 0.667. The zero-order valence-corrected chi connectivity index (χ0v) is 8.18. The van der Waals surface area contributed by atoms with Crippen molar-refractivity contribution in [1.82, 2.24) is 9.78 Å². The summed E-state index contributed by atoms with van der Waals surface area (Å²) < 4.78 is 13.6. The lowest BCUT2D eigenvalue weighted by Gasteiger charge is -2.00.